The van der Waals surface area contributed by atoms with Crippen LogP contribution in [0.4, 0.5) is 0 Å². The maximum absolute atomic E-state index is 12.2. The molecule has 0 saturated carbocycles. The van der Waals surface area contributed by atoms with E-state index in [1.807, 2.05) is 0 Å². The fraction of sp³-hybridized carbons (Fsp3) is 0.417. The lowest BCUT2D eigenvalue weighted by Gasteiger charge is -2.23. The Morgan fingerprint density at radius 3 is 2.65 bits per heavy atom. The van der Waals surface area contributed by atoms with E-state index in [0.29, 0.717) is 5.52 Å². The van der Waals surface area contributed by atoms with Gasteiger partial charge in [-0.05, 0) is 26.0 Å². The number of fused-ring (bicyclic) bond motifs is 1. The van der Waals surface area contributed by atoms with Crippen molar-refractivity contribution in [3.05, 3.63) is 28.7 Å². The van der Waals surface area contributed by atoms with Crippen LogP contribution < -0.4 is 16.2 Å². The third-order valence-electron chi connectivity index (χ3n) is 3.00. The van der Waals surface area contributed by atoms with Crippen molar-refractivity contribution in [2.75, 3.05) is 6.54 Å². The van der Waals surface area contributed by atoms with E-state index in [2.05, 4.69) is 4.72 Å². The van der Waals surface area contributed by atoms with Gasteiger partial charge in [0.05, 0.1) is 10.4 Å². The smallest absolute Gasteiger partial charge is 0.408 e. The van der Waals surface area contributed by atoms with Gasteiger partial charge in [0.1, 0.15) is 0 Å². The maximum atomic E-state index is 12.2. The van der Waals surface area contributed by atoms with Crippen LogP contribution in [0.15, 0.2) is 32.3 Å². The summed E-state index contributed by atoms with van der Waals surface area (Å²) in [5.74, 6) is -0.537. The molecule has 7 nitrogen and oxygen atoms in total. The van der Waals surface area contributed by atoms with Crippen molar-refractivity contribution in [3.63, 3.8) is 0 Å². The van der Waals surface area contributed by atoms with Crippen LogP contribution in [0, 0.1) is 0 Å². The van der Waals surface area contributed by atoms with Crippen LogP contribution in [0.1, 0.15) is 13.8 Å². The highest BCUT2D eigenvalue weighted by molar-refractivity contribution is 7.89. The average molecular weight is 299 g/mol. The number of nitrogens with two attached hydrogens (primary N) is 1. The third kappa shape index (κ3) is 2.62. The van der Waals surface area contributed by atoms with Crippen LogP contribution in [-0.4, -0.2) is 25.1 Å². The largest absolute Gasteiger partial charge is 0.419 e. The van der Waals surface area contributed by atoms with Crippen LogP contribution >= 0.6 is 0 Å². The molecule has 0 unspecified atom stereocenters. The predicted molar refractivity (Wildman–Crippen MR) is 74.9 cm³/mol. The maximum Gasteiger partial charge on any atom is 0.419 e. The summed E-state index contributed by atoms with van der Waals surface area (Å²) in [6.45, 7) is 3.53. The van der Waals surface area contributed by atoms with Crippen LogP contribution in [0.25, 0.3) is 11.1 Å². The summed E-state index contributed by atoms with van der Waals surface area (Å²) in [4.78, 5) is 11.4. The van der Waals surface area contributed by atoms with Crippen molar-refractivity contribution in [1.82, 2.24) is 9.29 Å². The second-order valence-electron chi connectivity index (χ2n) is 5.25. The van der Waals surface area contributed by atoms with Crippen LogP contribution in [0.2, 0.25) is 0 Å². The quantitative estimate of drug-likeness (QED) is 0.835. The number of aromatic nitrogens is 1. The Morgan fingerprint density at radius 1 is 1.40 bits per heavy atom. The summed E-state index contributed by atoms with van der Waals surface area (Å²) in [5.41, 5.74) is 5.52. The molecule has 0 spiro atoms. The number of hydrogen-bond donors (Lipinski definition) is 2. The minimum atomic E-state index is -3.73. The molecule has 0 atom stereocenters. The van der Waals surface area contributed by atoms with Gasteiger partial charge in [0.25, 0.3) is 0 Å². The first-order chi connectivity index (χ1) is 9.16. The summed E-state index contributed by atoms with van der Waals surface area (Å²) in [7, 11) is -2.17. The van der Waals surface area contributed by atoms with Gasteiger partial charge in [-0.15, -0.1) is 0 Å². The SMILES string of the molecule is Cn1c(=O)oc2cc(S(=O)(=O)NC(C)(C)CN)ccc21. The van der Waals surface area contributed by atoms with Gasteiger partial charge in [-0.1, -0.05) is 0 Å². The van der Waals surface area contributed by atoms with Gasteiger partial charge in [-0.2, -0.15) is 0 Å². The molecule has 2 rings (SSSR count). The summed E-state index contributed by atoms with van der Waals surface area (Å²) < 4.78 is 33.3. The lowest BCUT2D eigenvalue weighted by atomic mass is 10.1. The van der Waals surface area contributed by atoms with Gasteiger partial charge in [0.2, 0.25) is 10.0 Å². The van der Waals surface area contributed by atoms with E-state index in [1.54, 1.807) is 20.9 Å². The Morgan fingerprint density at radius 2 is 2.05 bits per heavy atom. The molecule has 0 fully saturated rings. The zero-order valence-corrected chi connectivity index (χ0v) is 12.3. The zero-order chi connectivity index (χ0) is 15.1. The number of hydrogen-bond acceptors (Lipinski definition) is 5. The highest BCUT2D eigenvalue weighted by Gasteiger charge is 2.25. The standard InChI is InChI=1S/C12H17N3O4S/c1-12(2,7-13)14-20(17,18)8-4-5-9-10(6-8)19-11(16)15(9)3/h4-6,14H,7,13H2,1-3H3. The molecular weight excluding hydrogens is 282 g/mol. The monoisotopic (exact) mass is 299 g/mol. The van der Waals surface area contributed by atoms with Gasteiger partial charge < -0.3 is 10.2 Å². The van der Waals surface area contributed by atoms with E-state index < -0.39 is 21.3 Å². The number of aryl methyl sites for hydroxylation is 1. The minimum Gasteiger partial charge on any atom is -0.408 e. The molecule has 1 heterocycles. The van der Waals surface area contributed by atoms with E-state index in [1.165, 1.54) is 22.8 Å². The van der Waals surface area contributed by atoms with E-state index in [9.17, 15) is 13.2 Å². The van der Waals surface area contributed by atoms with Crippen LogP contribution in [0.5, 0.6) is 0 Å². The number of nitrogens with one attached hydrogen (secondary N) is 1. The Bertz CT molecular complexity index is 802. The molecule has 0 saturated heterocycles. The Balaban J connectivity index is 2.50. The third-order valence-corrected chi connectivity index (χ3v) is 4.69. The lowest BCUT2D eigenvalue weighted by Crippen LogP contribution is -2.48. The van der Waals surface area contributed by atoms with Gasteiger partial charge in [0, 0.05) is 25.2 Å². The molecule has 0 aliphatic rings. The van der Waals surface area contributed by atoms with E-state index in [0.717, 1.165) is 0 Å². The van der Waals surface area contributed by atoms with Crippen LogP contribution in [-0.2, 0) is 17.1 Å². The Hall–Kier alpha value is -1.64. The van der Waals surface area contributed by atoms with Crippen LogP contribution in [0.3, 0.4) is 0 Å². The molecule has 8 heteroatoms. The lowest BCUT2D eigenvalue weighted by molar-refractivity contribution is 0.462. The molecule has 20 heavy (non-hydrogen) atoms. The molecule has 1 aromatic carbocycles. The highest BCUT2D eigenvalue weighted by Crippen LogP contribution is 2.19. The summed E-state index contributed by atoms with van der Waals surface area (Å²) >= 11 is 0. The molecule has 2 aromatic rings. The molecule has 110 valence electrons. The fourth-order valence-electron chi connectivity index (χ4n) is 1.75. The van der Waals surface area contributed by atoms with Gasteiger partial charge >= 0.3 is 5.76 Å². The van der Waals surface area contributed by atoms with Gasteiger partial charge in [-0.3, -0.25) is 4.57 Å². The topological polar surface area (TPSA) is 107 Å². The number of oxazole rings is 1. The van der Waals surface area contributed by atoms with E-state index >= 15 is 0 Å². The summed E-state index contributed by atoms with van der Waals surface area (Å²) in [5, 5.41) is 0. The van der Waals surface area contributed by atoms with Crippen molar-refractivity contribution >= 4 is 21.1 Å². The summed E-state index contributed by atoms with van der Waals surface area (Å²) in [6, 6.07) is 4.28. The molecule has 0 aliphatic heterocycles. The zero-order valence-electron chi connectivity index (χ0n) is 11.5. The van der Waals surface area contributed by atoms with Crippen molar-refractivity contribution < 1.29 is 12.8 Å². The Kier molecular flexibility index (Phi) is 3.49. The van der Waals surface area contributed by atoms with Crippen molar-refractivity contribution in [3.8, 4) is 0 Å². The number of rotatable bonds is 4. The number of nitrogens with zero attached hydrogens (tertiary/aromatic N) is 1. The summed E-state index contributed by atoms with van der Waals surface area (Å²) in [6.07, 6.45) is 0. The highest BCUT2D eigenvalue weighted by atomic mass is 32.2. The average Bonchev–Trinajstić information content (AvgIpc) is 2.63. The fourth-order valence-corrected chi connectivity index (χ4v) is 3.18. The van der Waals surface area contributed by atoms with E-state index in [-0.39, 0.29) is 17.0 Å². The molecule has 0 bridgehead atoms. The minimum absolute atomic E-state index is 0.0286. The van der Waals surface area contributed by atoms with Crippen molar-refractivity contribution in [2.45, 2.75) is 24.3 Å². The number of benzene rings is 1. The second kappa shape index (κ2) is 4.72. The first kappa shape index (κ1) is 14.8. The molecule has 0 aliphatic carbocycles. The number of sulfonamides is 1. The second-order valence-corrected chi connectivity index (χ2v) is 6.93. The molecule has 1 aromatic heterocycles. The van der Waals surface area contributed by atoms with Gasteiger partial charge in [-0.25, -0.2) is 17.9 Å². The first-order valence-electron chi connectivity index (χ1n) is 6.00. The normalized spacial score (nSPS) is 13.0. The first-order valence-corrected chi connectivity index (χ1v) is 7.48. The van der Waals surface area contributed by atoms with Crippen molar-refractivity contribution in [2.24, 2.45) is 12.8 Å². The van der Waals surface area contributed by atoms with Crippen molar-refractivity contribution in [1.29, 1.82) is 0 Å². The van der Waals surface area contributed by atoms with Gasteiger partial charge in [0.15, 0.2) is 5.58 Å². The predicted octanol–water partition coefficient (Wildman–Crippen LogP) is 0.147. The molecule has 0 amide bonds. The van der Waals surface area contributed by atoms with E-state index in [4.69, 9.17) is 10.2 Å². The molecule has 3 N–H and O–H groups in total. The Labute approximate surface area is 116 Å². The molecular formula is C12H17N3O4S. The molecule has 0 radical (unpaired) electrons.